The highest BCUT2D eigenvalue weighted by Gasteiger charge is 2.26. The highest BCUT2D eigenvalue weighted by atomic mass is 127. The molecule has 1 aromatic carbocycles. The monoisotopic (exact) mass is 444 g/mol. The lowest BCUT2D eigenvalue weighted by atomic mass is 10.1. The lowest BCUT2D eigenvalue weighted by Crippen LogP contribution is -2.38. The fourth-order valence-corrected chi connectivity index (χ4v) is 1.95. The minimum atomic E-state index is -4.16. The maximum atomic E-state index is 12.1. The molecular formula is C15H24F3IN4. The van der Waals surface area contributed by atoms with E-state index in [4.69, 9.17) is 0 Å². The maximum absolute atomic E-state index is 12.1. The van der Waals surface area contributed by atoms with Crippen LogP contribution in [0.1, 0.15) is 17.5 Å². The molecule has 0 atom stereocenters. The highest BCUT2D eigenvalue weighted by Crippen LogP contribution is 2.18. The fraction of sp³-hybridized carbons (Fsp3) is 0.533. The molecule has 0 bridgehead atoms. The van der Waals surface area contributed by atoms with E-state index in [9.17, 15) is 13.2 Å². The zero-order valence-electron chi connectivity index (χ0n) is 13.6. The number of nitrogens with zero attached hydrogens (tertiary/aromatic N) is 2. The maximum Gasteiger partial charge on any atom is 0.390 e. The number of rotatable bonds is 6. The topological polar surface area (TPSA) is 39.7 Å². The van der Waals surface area contributed by atoms with Crippen molar-refractivity contribution in [2.75, 3.05) is 27.7 Å². The molecule has 4 nitrogen and oxygen atoms in total. The molecule has 0 saturated carbocycles. The van der Waals surface area contributed by atoms with Gasteiger partial charge in [0.15, 0.2) is 5.96 Å². The van der Waals surface area contributed by atoms with E-state index in [0.717, 1.165) is 12.1 Å². The molecule has 0 spiro atoms. The number of nitrogens with one attached hydrogen (secondary N) is 2. The van der Waals surface area contributed by atoms with Gasteiger partial charge < -0.3 is 15.5 Å². The minimum Gasteiger partial charge on any atom is -0.356 e. The van der Waals surface area contributed by atoms with Gasteiger partial charge in [-0.1, -0.05) is 24.3 Å². The van der Waals surface area contributed by atoms with E-state index in [1.807, 2.05) is 38.4 Å². The first-order valence-corrected chi connectivity index (χ1v) is 7.04. The highest BCUT2D eigenvalue weighted by molar-refractivity contribution is 14.0. The van der Waals surface area contributed by atoms with Gasteiger partial charge in [-0.15, -0.1) is 24.0 Å². The summed E-state index contributed by atoms with van der Waals surface area (Å²) in [5, 5.41) is 5.70. The quantitative estimate of drug-likeness (QED) is 0.403. The average Bonchev–Trinajstić information content (AvgIpc) is 2.42. The van der Waals surface area contributed by atoms with Crippen molar-refractivity contribution in [3.8, 4) is 0 Å². The van der Waals surface area contributed by atoms with Crippen LogP contribution in [0, 0.1) is 0 Å². The minimum absolute atomic E-state index is 0. The molecule has 0 aromatic heterocycles. The standard InChI is InChI=1S/C15H23F3N4.HI/c1-19-14(20-9-8-15(16,17)18)21-10-12-6-4-5-7-13(12)11-22(2)3;/h4-7H,8-11H2,1-3H3,(H2,19,20,21);1H. The summed E-state index contributed by atoms with van der Waals surface area (Å²) < 4.78 is 36.4. The van der Waals surface area contributed by atoms with E-state index in [2.05, 4.69) is 20.5 Å². The normalized spacial score (nSPS) is 12.0. The number of aliphatic imine (C=N–C) groups is 1. The molecule has 0 amide bonds. The zero-order valence-corrected chi connectivity index (χ0v) is 15.9. The Morgan fingerprint density at radius 1 is 1.13 bits per heavy atom. The predicted molar refractivity (Wildman–Crippen MR) is 98.1 cm³/mol. The van der Waals surface area contributed by atoms with Crippen LogP contribution in [0.2, 0.25) is 0 Å². The first-order valence-electron chi connectivity index (χ1n) is 7.04. The summed E-state index contributed by atoms with van der Waals surface area (Å²) in [5.41, 5.74) is 2.26. The van der Waals surface area contributed by atoms with Crippen molar-refractivity contribution < 1.29 is 13.2 Å². The fourth-order valence-electron chi connectivity index (χ4n) is 1.95. The largest absolute Gasteiger partial charge is 0.390 e. The van der Waals surface area contributed by atoms with Crippen LogP contribution in [0.3, 0.4) is 0 Å². The van der Waals surface area contributed by atoms with Gasteiger partial charge in [0.05, 0.1) is 6.42 Å². The molecule has 0 heterocycles. The van der Waals surface area contributed by atoms with Gasteiger partial charge in [0, 0.05) is 26.7 Å². The molecule has 8 heteroatoms. The number of benzene rings is 1. The van der Waals surface area contributed by atoms with E-state index in [-0.39, 0.29) is 30.5 Å². The third-order valence-electron chi connectivity index (χ3n) is 2.98. The molecule has 23 heavy (non-hydrogen) atoms. The Hall–Kier alpha value is -1.03. The summed E-state index contributed by atoms with van der Waals surface area (Å²) in [6.45, 7) is 1.12. The lowest BCUT2D eigenvalue weighted by Gasteiger charge is -2.16. The molecule has 132 valence electrons. The van der Waals surface area contributed by atoms with Crippen molar-refractivity contribution in [2.45, 2.75) is 25.7 Å². The van der Waals surface area contributed by atoms with Crippen LogP contribution in [0.4, 0.5) is 13.2 Å². The average molecular weight is 444 g/mol. The van der Waals surface area contributed by atoms with Gasteiger partial charge in [-0.05, 0) is 25.2 Å². The molecule has 0 radical (unpaired) electrons. The van der Waals surface area contributed by atoms with E-state index in [1.165, 1.54) is 12.6 Å². The third kappa shape index (κ3) is 9.65. The summed E-state index contributed by atoms with van der Waals surface area (Å²) in [7, 11) is 5.51. The predicted octanol–water partition coefficient (Wildman–Crippen LogP) is 2.98. The van der Waals surface area contributed by atoms with Crippen LogP contribution in [0.25, 0.3) is 0 Å². The van der Waals surface area contributed by atoms with Crippen LogP contribution >= 0.6 is 24.0 Å². The molecule has 0 unspecified atom stereocenters. The Labute approximate surface area is 152 Å². The van der Waals surface area contributed by atoms with Gasteiger partial charge in [-0.25, -0.2) is 0 Å². The molecule has 0 aliphatic carbocycles. The molecular weight excluding hydrogens is 420 g/mol. The van der Waals surface area contributed by atoms with Crippen LogP contribution in [-0.4, -0.2) is 44.7 Å². The van der Waals surface area contributed by atoms with Crippen molar-refractivity contribution in [1.29, 1.82) is 0 Å². The van der Waals surface area contributed by atoms with Gasteiger partial charge in [-0.2, -0.15) is 13.2 Å². The van der Waals surface area contributed by atoms with Crippen LogP contribution < -0.4 is 10.6 Å². The second kappa shape index (κ2) is 10.7. The van der Waals surface area contributed by atoms with Crippen LogP contribution in [-0.2, 0) is 13.1 Å². The molecule has 0 aliphatic heterocycles. The second-order valence-corrected chi connectivity index (χ2v) is 5.22. The van der Waals surface area contributed by atoms with Crippen molar-refractivity contribution in [1.82, 2.24) is 15.5 Å². The Bertz CT molecular complexity index is 490. The van der Waals surface area contributed by atoms with Crippen molar-refractivity contribution in [3.63, 3.8) is 0 Å². The van der Waals surface area contributed by atoms with Gasteiger partial charge >= 0.3 is 6.18 Å². The molecule has 0 saturated heterocycles. The van der Waals surface area contributed by atoms with E-state index >= 15 is 0 Å². The van der Waals surface area contributed by atoms with E-state index in [1.54, 1.807) is 0 Å². The molecule has 0 aliphatic rings. The van der Waals surface area contributed by atoms with Crippen LogP contribution in [0.15, 0.2) is 29.3 Å². The summed E-state index contributed by atoms with van der Waals surface area (Å²) >= 11 is 0. The molecule has 2 N–H and O–H groups in total. The van der Waals surface area contributed by atoms with Crippen molar-refractivity contribution in [3.05, 3.63) is 35.4 Å². The molecule has 1 aromatic rings. The second-order valence-electron chi connectivity index (χ2n) is 5.22. The number of halogens is 4. The zero-order chi connectivity index (χ0) is 16.6. The third-order valence-corrected chi connectivity index (χ3v) is 2.98. The number of guanidine groups is 1. The Balaban J connectivity index is 0.00000484. The number of alkyl halides is 3. The number of hydrogen-bond donors (Lipinski definition) is 2. The molecule has 1 rings (SSSR count). The van der Waals surface area contributed by atoms with Crippen molar-refractivity contribution in [2.24, 2.45) is 4.99 Å². The van der Waals surface area contributed by atoms with E-state index in [0.29, 0.717) is 12.5 Å². The van der Waals surface area contributed by atoms with Crippen LogP contribution in [0.5, 0.6) is 0 Å². The van der Waals surface area contributed by atoms with Gasteiger partial charge in [0.25, 0.3) is 0 Å². The number of hydrogen-bond acceptors (Lipinski definition) is 2. The molecule has 0 fully saturated rings. The summed E-state index contributed by atoms with van der Waals surface area (Å²) in [6.07, 6.45) is -5.05. The Kier molecular flexibility index (Phi) is 10.2. The Morgan fingerprint density at radius 3 is 2.26 bits per heavy atom. The smallest absolute Gasteiger partial charge is 0.356 e. The van der Waals surface area contributed by atoms with Gasteiger partial charge in [-0.3, -0.25) is 4.99 Å². The van der Waals surface area contributed by atoms with Crippen molar-refractivity contribution >= 4 is 29.9 Å². The van der Waals surface area contributed by atoms with E-state index < -0.39 is 12.6 Å². The summed E-state index contributed by atoms with van der Waals surface area (Å²) in [6, 6.07) is 7.94. The van der Waals surface area contributed by atoms with Gasteiger partial charge in [0.1, 0.15) is 0 Å². The summed E-state index contributed by atoms with van der Waals surface area (Å²) in [5.74, 6) is 0.365. The first kappa shape index (κ1) is 22.0. The SMILES string of the molecule is CN=C(NCCC(F)(F)F)NCc1ccccc1CN(C)C.I. The lowest BCUT2D eigenvalue weighted by molar-refractivity contribution is -0.132. The summed E-state index contributed by atoms with van der Waals surface area (Å²) in [4.78, 5) is 5.99. The first-order chi connectivity index (χ1) is 10.3. The Morgan fingerprint density at radius 2 is 1.74 bits per heavy atom. The van der Waals surface area contributed by atoms with Gasteiger partial charge in [0.2, 0.25) is 0 Å².